The van der Waals surface area contributed by atoms with Crippen molar-refractivity contribution in [1.29, 1.82) is 0 Å². The van der Waals surface area contributed by atoms with Gasteiger partial charge in [-0.1, -0.05) is 70.5 Å². The van der Waals surface area contributed by atoms with Gasteiger partial charge in [-0.2, -0.15) is 0 Å². The van der Waals surface area contributed by atoms with E-state index < -0.39 is 21.6 Å². The van der Waals surface area contributed by atoms with Crippen LogP contribution in [0.2, 0.25) is 0 Å². The first-order valence-electron chi connectivity index (χ1n) is 14.4. The van der Waals surface area contributed by atoms with Crippen LogP contribution in [0.5, 0.6) is 5.75 Å². The lowest BCUT2D eigenvalue weighted by Gasteiger charge is -2.34. The molecule has 232 valence electrons. The number of nitrogens with zero attached hydrogens (tertiary/aromatic N) is 2. The maximum atomic E-state index is 14.0. The van der Waals surface area contributed by atoms with Gasteiger partial charge in [-0.15, -0.1) is 0 Å². The number of carbonyl (C=O) groups excluding carboxylic acids is 2. The predicted octanol–water partition coefficient (Wildman–Crippen LogP) is 5.95. The van der Waals surface area contributed by atoms with Gasteiger partial charge in [-0.3, -0.25) is 13.9 Å². The quantitative estimate of drug-likeness (QED) is 0.229. The van der Waals surface area contributed by atoms with Crippen molar-refractivity contribution >= 4 is 43.5 Å². The van der Waals surface area contributed by atoms with Gasteiger partial charge in [0, 0.05) is 35.9 Å². The normalized spacial score (nSPS) is 12.3. The summed E-state index contributed by atoms with van der Waals surface area (Å²) < 4.78 is 33.5. The summed E-state index contributed by atoms with van der Waals surface area (Å²) in [5, 5.41) is 3.06. The third-order valence-electron chi connectivity index (χ3n) is 6.60. The number of carbonyl (C=O) groups is 2. The first kappa shape index (κ1) is 34.1. The van der Waals surface area contributed by atoms with Gasteiger partial charge < -0.3 is 15.0 Å². The Labute approximate surface area is 264 Å². The number of hydrogen-bond acceptors (Lipinski definition) is 5. The number of halogens is 1. The summed E-state index contributed by atoms with van der Waals surface area (Å²) in [5.41, 5.74) is 1.73. The molecule has 0 saturated heterocycles. The third kappa shape index (κ3) is 10.7. The van der Waals surface area contributed by atoms with Gasteiger partial charge in [0.05, 0.1) is 18.6 Å². The van der Waals surface area contributed by atoms with Gasteiger partial charge in [-0.05, 0) is 69.5 Å². The monoisotopic (exact) mass is 671 g/mol. The molecule has 0 aliphatic rings. The summed E-state index contributed by atoms with van der Waals surface area (Å²) in [6, 6.07) is 23.4. The SMILES string of the molecule is CCOc1ccccc1N(CCCC(=O)N(Cc1cccc(Br)c1)C(Cc1ccccc1)C(=O)NC(C)(C)C)S(C)(=O)=O. The molecule has 0 heterocycles. The second kappa shape index (κ2) is 15.4. The Morgan fingerprint density at radius 1 is 0.953 bits per heavy atom. The summed E-state index contributed by atoms with van der Waals surface area (Å²) in [6.07, 6.45) is 1.77. The number of nitrogens with one attached hydrogen (secondary N) is 1. The second-order valence-electron chi connectivity index (χ2n) is 11.4. The largest absolute Gasteiger partial charge is 0.492 e. The lowest BCUT2D eigenvalue weighted by atomic mass is 10.00. The van der Waals surface area contributed by atoms with Crippen molar-refractivity contribution in [3.05, 3.63) is 94.5 Å². The van der Waals surface area contributed by atoms with Crippen LogP contribution in [-0.4, -0.2) is 56.1 Å². The Morgan fingerprint density at radius 3 is 2.23 bits per heavy atom. The molecule has 0 radical (unpaired) electrons. The van der Waals surface area contributed by atoms with Gasteiger partial charge in [0.2, 0.25) is 21.8 Å². The molecule has 43 heavy (non-hydrogen) atoms. The highest BCUT2D eigenvalue weighted by Gasteiger charge is 2.32. The van der Waals surface area contributed by atoms with Crippen molar-refractivity contribution in [3.63, 3.8) is 0 Å². The van der Waals surface area contributed by atoms with Crippen LogP contribution >= 0.6 is 15.9 Å². The van der Waals surface area contributed by atoms with Gasteiger partial charge in [-0.25, -0.2) is 8.42 Å². The minimum absolute atomic E-state index is 0.0465. The fraction of sp³-hybridized carbons (Fsp3) is 0.394. The number of sulfonamides is 1. The van der Waals surface area contributed by atoms with Crippen molar-refractivity contribution in [1.82, 2.24) is 10.2 Å². The number of benzene rings is 3. The van der Waals surface area contributed by atoms with Crippen LogP contribution < -0.4 is 14.4 Å². The molecule has 0 bridgehead atoms. The van der Waals surface area contributed by atoms with E-state index in [9.17, 15) is 18.0 Å². The minimum atomic E-state index is -3.66. The summed E-state index contributed by atoms with van der Waals surface area (Å²) in [5.74, 6) is -0.0283. The fourth-order valence-electron chi connectivity index (χ4n) is 4.76. The van der Waals surface area contributed by atoms with E-state index in [0.717, 1.165) is 21.9 Å². The molecule has 0 aromatic heterocycles. The van der Waals surface area contributed by atoms with Crippen molar-refractivity contribution < 1.29 is 22.7 Å². The number of para-hydroxylation sites is 2. The zero-order valence-corrected chi connectivity index (χ0v) is 27.9. The molecule has 0 fully saturated rings. The van der Waals surface area contributed by atoms with Crippen molar-refractivity contribution in [2.24, 2.45) is 0 Å². The molecule has 3 rings (SSSR count). The number of hydrogen-bond donors (Lipinski definition) is 1. The Kier molecular flexibility index (Phi) is 12.2. The standard InChI is InChI=1S/C33H42BrN3O5S/c1-6-42-30-19-11-10-18-28(30)37(43(5,40)41)21-13-20-31(38)36(24-26-16-12-17-27(34)22-26)29(32(39)35-33(2,3)4)23-25-14-8-7-9-15-25/h7-12,14-19,22,29H,6,13,20-21,23-24H2,1-5H3,(H,35,39). The van der Waals surface area contributed by atoms with Gasteiger partial charge in [0.15, 0.2) is 0 Å². The molecule has 1 N–H and O–H groups in total. The van der Waals surface area contributed by atoms with Gasteiger partial charge >= 0.3 is 0 Å². The maximum absolute atomic E-state index is 14.0. The molecule has 2 amide bonds. The molecule has 0 aliphatic carbocycles. The molecule has 10 heteroatoms. The van der Waals surface area contributed by atoms with Crippen LogP contribution in [0, 0.1) is 0 Å². The lowest BCUT2D eigenvalue weighted by molar-refractivity contribution is -0.142. The van der Waals surface area contributed by atoms with E-state index >= 15 is 0 Å². The van der Waals surface area contributed by atoms with E-state index in [2.05, 4.69) is 21.2 Å². The summed E-state index contributed by atoms with van der Waals surface area (Å²) in [7, 11) is -3.66. The molecule has 8 nitrogen and oxygen atoms in total. The fourth-order valence-corrected chi connectivity index (χ4v) is 6.18. The first-order chi connectivity index (χ1) is 20.3. The highest BCUT2D eigenvalue weighted by atomic mass is 79.9. The smallest absolute Gasteiger partial charge is 0.243 e. The highest BCUT2D eigenvalue weighted by Crippen LogP contribution is 2.30. The zero-order valence-electron chi connectivity index (χ0n) is 25.5. The number of amides is 2. The second-order valence-corrected chi connectivity index (χ2v) is 14.3. The topological polar surface area (TPSA) is 96.0 Å². The number of rotatable bonds is 14. The molecule has 3 aromatic carbocycles. The van der Waals surface area contributed by atoms with Crippen LogP contribution in [0.3, 0.4) is 0 Å². The van der Waals surface area contributed by atoms with Crippen LogP contribution in [0.15, 0.2) is 83.3 Å². The van der Waals surface area contributed by atoms with Crippen LogP contribution in [0.25, 0.3) is 0 Å². The average Bonchev–Trinajstić information content (AvgIpc) is 2.92. The Balaban J connectivity index is 1.92. The zero-order chi connectivity index (χ0) is 31.6. The molecule has 3 aromatic rings. The average molecular weight is 673 g/mol. The van der Waals surface area contributed by atoms with E-state index in [1.165, 1.54) is 4.31 Å². The molecule has 1 atom stereocenters. The number of ether oxygens (including phenoxy) is 1. The minimum Gasteiger partial charge on any atom is -0.492 e. The van der Waals surface area contributed by atoms with E-state index in [-0.39, 0.29) is 37.7 Å². The maximum Gasteiger partial charge on any atom is 0.243 e. The number of anilines is 1. The third-order valence-corrected chi connectivity index (χ3v) is 8.27. The predicted molar refractivity (Wildman–Crippen MR) is 176 cm³/mol. The highest BCUT2D eigenvalue weighted by molar-refractivity contribution is 9.10. The first-order valence-corrected chi connectivity index (χ1v) is 17.0. The van der Waals surface area contributed by atoms with Crippen molar-refractivity contribution in [2.45, 2.75) is 65.1 Å². The Bertz CT molecular complexity index is 1480. The summed E-state index contributed by atoms with van der Waals surface area (Å²) in [6.45, 7) is 8.24. The van der Waals surface area contributed by atoms with Crippen molar-refractivity contribution in [3.8, 4) is 5.75 Å². The Morgan fingerprint density at radius 2 is 1.60 bits per heavy atom. The Hall–Kier alpha value is -3.37. The van der Waals surface area contributed by atoms with E-state index in [0.29, 0.717) is 24.5 Å². The van der Waals surface area contributed by atoms with E-state index in [1.54, 1.807) is 29.2 Å². The van der Waals surface area contributed by atoms with Crippen LogP contribution in [0.4, 0.5) is 5.69 Å². The van der Waals surface area contributed by atoms with Gasteiger partial charge in [0.25, 0.3) is 0 Å². The molecule has 0 spiro atoms. The molecular formula is C33H42BrN3O5S. The van der Waals surface area contributed by atoms with Crippen LogP contribution in [-0.2, 0) is 32.6 Å². The van der Waals surface area contributed by atoms with E-state index in [1.807, 2.05) is 82.3 Å². The molecule has 0 aliphatic heterocycles. The van der Waals surface area contributed by atoms with Crippen LogP contribution in [0.1, 0.15) is 51.7 Å². The molecule has 1 unspecified atom stereocenters. The van der Waals surface area contributed by atoms with E-state index in [4.69, 9.17) is 4.74 Å². The lowest BCUT2D eigenvalue weighted by Crippen LogP contribution is -2.54. The summed E-state index contributed by atoms with van der Waals surface area (Å²) in [4.78, 5) is 29.4. The van der Waals surface area contributed by atoms with Crippen molar-refractivity contribution in [2.75, 3.05) is 23.7 Å². The van der Waals surface area contributed by atoms with Gasteiger partial charge in [0.1, 0.15) is 11.8 Å². The molecule has 0 saturated carbocycles. The molecular weight excluding hydrogens is 630 g/mol. The summed E-state index contributed by atoms with van der Waals surface area (Å²) >= 11 is 3.51.